The quantitative estimate of drug-likeness (QED) is 0.613. The molecule has 0 unspecified atom stereocenters. The third kappa shape index (κ3) is 5.19. The van der Waals surface area contributed by atoms with Gasteiger partial charge in [-0.15, -0.1) is 0 Å². The predicted octanol–water partition coefficient (Wildman–Crippen LogP) is 4.86. The lowest BCUT2D eigenvalue weighted by Gasteiger charge is -2.25. The minimum atomic E-state index is -0.532. The van der Waals surface area contributed by atoms with Crippen molar-refractivity contribution in [2.45, 2.75) is 12.1 Å². The molecule has 0 bridgehead atoms. The van der Waals surface area contributed by atoms with E-state index in [0.717, 1.165) is 20.1 Å². The smallest absolute Gasteiger partial charge is 0.407 e. The van der Waals surface area contributed by atoms with E-state index >= 15 is 0 Å². The summed E-state index contributed by atoms with van der Waals surface area (Å²) in [6.45, 7) is 3.68. The van der Waals surface area contributed by atoms with Crippen molar-refractivity contribution in [2.75, 3.05) is 6.61 Å². The number of hydrogen-bond donors (Lipinski definition) is 2. The Hall–Kier alpha value is -1.63. The van der Waals surface area contributed by atoms with E-state index in [-0.39, 0.29) is 6.61 Å². The molecule has 126 valence electrons. The summed E-state index contributed by atoms with van der Waals surface area (Å²) < 4.78 is 6.96. The van der Waals surface area contributed by atoms with Gasteiger partial charge in [-0.2, -0.15) is 0 Å². The molecule has 6 heteroatoms. The van der Waals surface area contributed by atoms with Crippen molar-refractivity contribution in [1.82, 2.24) is 5.32 Å². The molecule has 0 heterocycles. The number of carbonyl (C=O) groups is 1. The summed E-state index contributed by atoms with van der Waals surface area (Å²) in [5.41, 5.74) is 8.22. The highest BCUT2D eigenvalue weighted by Crippen LogP contribution is 2.28. The molecule has 3 N–H and O–H groups in total. The average Bonchev–Trinajstić information content (AvgIpc) is 2.59. The maximum atomic E-state index is 12.0. The Balaban J connectivity index is 2.27. The highest BCUT2D eigenvalue weighted by Gasteiger charge is 2.24. The van der Waals surface area contributed by atoms with Gasteiger partial charge >= 0.3 is 6.09 Å². The summed E-state index contributed by atoms with van der Waals surface area (Å²) in [5.74, 6) is 0. The SMILES string of the molecule is C=CCOC(=O)N[C@@H](c1ccc(Br)cc1)[C@H](N)c1ccc(Br)cc1. The fraction of sp³-hybridized carbons (Fsp3) is 0.167. The molecule has 0 saturated carbocycles. The first-order valence-electron chi connectivity index (χ1n) is 7.32. The molecule has 0 fully saturated rings. The van der Waals surface area contributed by atoms with Gasteiger partial charge in [0.1, 0.15) is 6.61 Å². The van der Waals surface area contributed by atoms with E-state index in [1.807, 2.05) is 48.5 Å². The van der Waals surface area contributed by atoms with E-state index in [1.54, 1.807) is 0 Å². The number of ether oxygens (including phenoxy) is 1. The number of nitrogens with one attached hydrogen (secondary N) is 1. The molecule has 2 rings (SSSR count). The Kier molecular flexibility index (Phi) is 7.02. The van der Waals surface area contributed by atoms with Gasteiger partial charge in [0.05, 0.1) is 12.1 Å². The molecule has 1 amide bonds. The highest BCUT2D eigenvalue weighted by molar-refractivity contribution is 9.10. The van der Waals surface area contributed by atoms with E-state index in [4.69, 9.17) is 10.5 Å². The van der Waals surface area contributed by atoms with Crippen LogP contribution in [0.15, 0.2) is 70.1 Å². The van der Waals surface area contributed by atoms with Crippen LogP contribution in [0.4, 0.5) is 4.79 Å². The van der Waals surface area contributed by atoms with Gasteiger partial charge in [-0.3, -0.25) is 0 Å². The van der Waals surface area contributed by atoms with Crippen LogP contribution in [0.25, 0.3) is 0 Å². The van der Waals surface area contributed by atoms with E-state index in [0.29, 0.717) is 0 Å². The van der Waals surface area contributed by atoms with Crippen LogP contribution in [0.1, 0.15) is 23.2 Å². The van der Waals surface area contributed by atoms with Crippen LogP contribution >= 0.6 is 31.9 Å². The van der Waals surface area contributed by atoms with Crippen molar-refractivity contribution < 1.29 is 9.53 Å². The molecule has 0 radical (unpaired) electrons. The normalized spacial score (nSPS) is 13.0. The van der Waals surface area contributed by atoms with E-state index in [1.165, 1.54) is 6.08 Å². The van der Waals surface area contributed by atoms with Crippen molar-refractivity contribution in [3.63, 3.8) is 0 Å². The van der Waals surface area contributed by atoms with Gasteiger partial charge in [0.25, 0.3) is 0 Å². The maximum absolute atomic E-state index is 12.0. The zero-order valence-electron chi connectivity index (χ0n) is 12.9. The number of benzene rings is 2. The summed E-state index contributed by atoms with van der Waals surface area (Å²) >= 11 is 6.82. The van der Waals surface area contributed by atoms with Crippen LogP contribution in [-0.4, -0.2) is 12.7 Å². The second-order valence-electron chi connectivity index (χ2n) is 5.14. The first-order chi connectivity index (χ1) is 11.5. The monoisotopic (exact) mass is 452 g/mol. The summed E-state index contributed by atoms with van der Waals surface area (Å²) in [7, 11) is 0. The summed E-state index contributed by atoms with van der Waals surface area (Å²) in [6.07, 6.45) is 0.985. The number of rotatable bonds is 6. The molecule has 0 aliphatic carbocycles. The van der Waals surface area contributed by atoms with E-state index < -0.39 is 18.2 Å². The van der Waals surface area contributed by atoms with Gasteiger partial charge < -0.3 is 15.8 Å². The summed E-state index contributed by atoms with van der Waals surface area (Å²) in [5, 5.41) is 2.84. The molecular weight excluding hydrogens is 436 g/mol. The van der Waals surface area contributed by atoms with Gasteiger partial charge in [-0.05, 0) is 35.4 Å². The van der Waals surface area contributed by atoms with E-state index in [9.17, 15) is 4.79 Å². The summed E-state index contributed by atoms with van der Waals surface area (Å²) in [4.78, 5) is 12.0. The maximum Gasteiger partial charge on any atom is 0.407 e. The van der Waals surface area contributed by atoms with Crippen molar-refractivity contribution in [2.24, 2.45) is 5.73 Å². The number of nitrogens with two attached hydrogens (primary N) is 1. The molecule has 24 heavy (non-hydrogen) atoms. The van der Waals surface area contributed by atoms with Crippen molar-refractivity contribution in [3.05, 3.63) is 81.3 Å². The predicted molar refractivity (Wildman–Crippen MR) is 103 cm³/mol. The Morgan fingerprint density at radius 1 is 1.08 bits per heavy atom. The first-order valence-corrected chi connectivity index (χ1v) is 8.90. The molecule has 4 nitrogen and oxygen atoms in total. The van der Waals surface area contributed by atoms with E-state index in [2.05, 4.69) is 43.8 Å². The van der Waals surface area contributed by atoms with Crippen LogP contribution in [0.2, 0.25) is 0 Å². The fourth-order valence-electron chi connectivity index (χ4n) is 2.23. The molecule has 0 saturated heterocycles. The molecule has 0 aliphatic rings. The number of amides is 1. The van der Waals surface area contributed by atoms with Crippen LogP contribution in [0, 0.1) is 0 Å². The largest absolute Gasteiger partial charge is 0.445 e. The number of halogens is 2. The van der Waals surface area contributed by atoms with Gasteiger partial charge in [-0.1, -0.05) is 68.8 Å². The molecule has 2 atom stereocenters. The lowest BCUT2D eigenvalue weighted by atomic mass is 9.94. The molecule has 2 aromatic rings. The first kappa shape index (κ1) is 18.7. The Morgan fingerprint density at radius 2 is 1.58 bits per heavy atom. The Labute approximate surface area is 158 Å². The average molecular weight is 454 g/mol. The van der Waals surface area contributed by atoms with Crippen LogP contribution < -0.4 is 11.1 Å². The summed E-state index contributed by atoms with van der Waals surface area (Å²) in [6, 6.07) is 14.5. The zero-order chi connectivity index (χ0) is 17.5. The topological polar surface area (TPSA) is 64.3 Å². The molecule has 0 spiro atoms. The van der Waals surface area contributed by atoms with Crippen molar-refractivity contribution in [3.8, 4) is 0 Å². The molecule has 0 aliphatic heterocycles. The van der Waals surface area contributed by atoms with Gasteiger partial charge in [0.15, 0.2) is 0 Å². The standard InChI is InChI=1S/C18H18Br2N2O2/c1-2-11-24-18(23)22-17(13-5-9-15(20)10-6-13)16(21)12-3-7-14(19)8-4-12/h2-10,16-17H,1,11,21H2,(H,22,23)/t16-,17+/m1/s1. The van der Waals surface area contributed by atoms with Crippen LogP contribution in [-0.2, 0) is 4.74 Å². The molecular formula is C18H18Br2N2O2. The van der Waals surface area contributed by atoms with Gasteiger partial charge in [0, 0.05) is 8.95 Å². The van der Waals surface area contributed by atoms with Crippen molar-refractivity contribution >= 4 is 38.0 Å². The highest BCUT2D eigenvalue weighted by atomic mass is 79.9. The minimum Gasteiger partial charge on any atom is -0.445 e. The lowest BCUT2D eigenvalue weighted by molar-refractivity contribution is 0.152. The number of alkyl carbamates (subject to hydrolysis) is 1. The molecule has 0 aromatic heterocycles. The van der Waals surface area contributed by atoms with Crippen LogP contribution in [0.3, 0.4) is 0 Å². The van der Waals surface area contributed by atoms with Gasteiger partial charge in [0.2, 0.25) is 0 Å². The number of hydrogen-bond acceptors (Lipinski definition) is 3. The second kappa shape index (κ2) is 9.01. The Morgan fingerprint density at radius 3 is 2.08 bits per heavy atom. The second-order valence-corrected chi connectivity index (χ2v) is 6.97. The Bertz CT molecular complexity index is 687. The van der Waals surface area contributed by atoms with Crippen molar-refractivity contribution in [1.29, 1.82) is 0 Å². The minimum absolute atomic E-state index is 0.145. The van der Waals surface area contributed by atoms with Gasteiger partial charge in [-0.25, -0.2) is 4.79 Å². The number of carbonyl (C=O) groups excluding carboxylic acids is 1. The lowest BCUT2D eigenvalue weighted by Crippen LogP contribution is -2.36. The fourth-order valence-corrected chi connectivity index (χ4v) is 2.76. The molecule has 2 aromatic carbocycles. The third-order valence-corrected chi connectivity index (χ3v) is 4.51. The third-order valence-electron chi connectivity index (χ3n) is 3.45. The van der Waals surface area contributed by atoms with Crippen LogP contribution in [0.5, 0.6) is 0 Å². The zero-order valence-corrected chi connectivity index (χ0v) is 16.1.